The van der Waals surface area contributed by atoms with Gasteiger partial charge in [0.2, 0.25) is 0 Å². The lowest BCUT2D eigenvalue weighted by molar-refractivity contribution is -0.194. The molecule has 0 bridgehead atoms. The molecule has 35 heavy (non-hydrogen) atoms. The molecular formula is C24H21Cl2F4N3O2. The van der Waals surface area contributed by atoms with Crippen LogP contribution in [0.15, 0.2) is 36.4 Å². The first kappa shape index (κ1) is 26.8. The first-order chi connectivity index (χ1) is 16.0. The van der Waals surface area contributed by atoms with Crippen LogP contribution in [0.3, 0.4) is 0 Å². The third-order valence-corrected chi connectivity index (χ3v) is 6.36. The van der Waals surface area contributed by atoms with Gasteiger partial charge in [0.05, 0.1) is 21.7 Å². The molecule has 2 aromatic carbocycles. The largest absolute Gasteiger partial charge is 0.471 e. The molecule has 0 unspecified atom stereocenters. The summed E-state index contributed by atoms with van der Waals surface area (Å²) in [4.78, 5) is 28.3. The molecular weight excluding hydrogens is 509 g/mol. The standard InChI is InChI=1S/C24H21Cl2F4N3O2/c1-22(2,3)19-32(15-9-16(25)18(27)17(26)10-15)20(34)23(4,33(19)21(35)24(28,29)30)11-13-5-7-14(12-31)8-6-13/h5-10,19H,11H2,1-4H3/t19-,23-/m1/s1. The molecule has 1 fully saturated rings. The summed E-state index contributed by atoms with van der Waals surface area (Å²) in [5.41, 5.74) is -2.35. The summed E-state index contributed by atoms with van der Waals surface area (Å²) >= 11 is 11.8. The van der Waals surface area contributed by atoms with E-state index < -0.39 is 51.0 Å². The lowest BCUT2D eigenvalue weighted by Gasteiger charge is -2.42. The number of anilines is 1. The van der Waals surface area contributed by atoms with Crippen LogP contribution in [0.2, 0.25) is 10.0 Å². The van der Waals surface area contributed by atoms with E-state index >= 15 is 0 Å². The lowest BCUT2D eigenvalue weighted by Crippen LogP contribution is -2.59. The van der Waals surface area contributed by atoms with Crippen LogP contribution in [-0.2, 0) is 16.0 Å². The minimum atomic E-state index is -5.27. The van der Waals surface area contributed by atoms with Gasteiger partial charge in [-0.15, -0.1) is 0 Å². The second-order valence-electron chi connectivity index (χ2n) is 9.57. The van der Waals surface area contributed by atoms with Gasteiger partial charge < -0.3 is 0 Å². The van der Waals surface area contributed by atoms with Crippen molar-refractivity contribution in [2.45, 2.75) is 52.0 Å². The van der Waals surface area contributed by atoms with Crippen LogP contribution in [0, 0.1) is 22.6 Å². The van der Waals surface area contributed by atoms with Gasteiger partial charge in [0, 0.05) is 17.5 Å². The van der Waals surface area contributed by atoms with Crippen LogP contribution in [0.4, 0.5) is 23.2 Å². The van der Waals surface area contributed by atoms with E-state index in [1.165, 1.54) is 31.2 Å². The Bertz CT molecular complexity index is 1200. The molecule has 1 aliphatic rings. The number of halogens is 6. The lowest BCUT2D eigenvalue weighted by atomic mass is 9.87. The fourth-order valence-electron chi connectivity index (χ4n) is 4.30. The van der Waals surface area contributed by atoms with Crippen molar-refractivity contribution < 1.29 is 27.2 Å². The number of amides is 2. The highest BCUT2D eigenvalue weighted by molar-refractivity contribution is 6.35. The summed E-state index contributed by atoms with van der Waals surface area (Å²) in [6.07, 6.45) is -6.96. The Hall–Kier alpha value is -2.83. The molecule has 2 amide bonds. The average molecular weight is 530 g/mol. The second-order valence-corrected chi connectivity index (χ2v) is 10.4. The Morgan fingerprint density at radius 2 is 1.63 bits per heavy atom. The zero-order chi connectivity index (χ0) is 26.5. The van der Waals surface area contributed by atoms with Crippen LogP contribution in [0.25, 0.3) is 0 Å². The number of hydrogen-bond donors (Lipinski definition) is 0. The second kappa shape index (κ2) is 8.99. The highest BCUT2D eigenvalue weighted by Gasteiger charge is 2.64. The van der Waals surface area contributed by atoms with E-state index in [0.29, 0.717) is 16.0 Å². The smallest absolute Gasteiger partial charge is 0.299 e. The molecule has 5 nitrogen and oxygen atoms in total. The van der Waals surface area contributed by atoms with Gasteiger partial charge in [0.1, 0.15) is 11.7 Å². The molecule has 0 saturated carbocycles. The van der Waals surface area contributed by atoms with Crippen LogP contribution in [0.1, 0.15) is 38.8 Å². The normalized spacial score (nSPS) is 20.8. The van der Waals surface area contributed by atoms with Gasteiger partial charge in [-0.05, 0) is 36.8 Å². The first-order valence-corrected chi connectivity index (χ1v) is 11.2. The maximum absolute atomic E-state index is 14.1. The van der Waals surface area contributed by atoms with Crippen molar-refractivity contribution in [2.75, 3.05) is 4.90 Å². The van der Waals surface area contributed by atoms with Crippen molar-refractivity contribution in [3.63, 3.8) is 0 Å². The molecule has 3 rings (SSSR count). The summed E-state index contributed by atoms with van der Waals surface area (Å²) in [6.45, 7) is 5.99. The third kappa shape index (κ3) is 4.82. The Labute approximate surface area is 209 Å². The van der Waals surface area contributed by atoms with Gasteiger partial charge in [0.15, 0.2) is 5.82 Å². The van der Waals surface area contributed by atoms with Gasteiger partial charge in [-0.25, -0.2) is 4.39 Å². The van der Waals surface area contributed by atoms with Crippen LogP contribution in [-0.4, -0.2) is 34.6 Å². The monoisotopic (exact) mass is 529 g/mol. The molecule has 1 aliphatic heterocycles. The molecule has 11 heteroatoms. The molecule has 0 aliphatic carbocycles. The van der Waals surface area contributed by atoms with E-state index in [9.17, 15) is 27.2 Å². The molecule has 186 valence electrons. The van der Waals surface area contributed by atoms with Gasteiger partial charge in [-0.3, -0.25) is 19.4 Å². The van der Waals surface area contributed by atoms with Crippen molar-refractivity contribution >= 4 is 40.7 Å². The number of benzene rings is 2. The van der Waals surface area contributed by atoms with Crippen LogP contribution < -0.4 is 4.90 Å². The van der Waals surface area contributed by atoms with Crippen molar-refractivity contribution in [1.29, 1.82) is 5.26 Å². The maximum Gasteiger partial charge on any atom is 0.471 e. The quantitative estimate of drug-likeness (QED) is 0.355. The number of nitrogens with zero attached hydrogens (tertiary/aromatic N) is 3. The van der Waals surface area contributed by atoms with E-state index in [-0.39, 0.29) is 12.1 Å². The average Bonchev–Trinajstić information content (AvgIpc) is 2.98. The summed E-state index contributed by atoms with van der Waals surface area (Å²) in [6, 6.07) is 10.1. The molecule has 1 saturated heterocycles. The van der Waals surface area contributed by atoms with E-state index in [2.05, 4.69) is 0 Å². The van der Waals surface area contributed by atoms with E-state index in [0.717, 1.165) is 17.0 Å². The molecule has 0 radical (unpaired) electrons. The topological polar surface area (TPSA) is 64.4 Å². The Kier molecular flexibility index (Phi) is 6.88. The minimum absolute atomic E-state index is 0.0464. The van der Waals surface area contributed by atoms with Gasteiger partial charge >= 0.3 is 12.1 Å². The molecule has 2 atom stereocenters. The van der Waals surface area contributed by atoms with Gasteiger partial charge in [0.25, 0.3) is 5.91 Å². The highest BCUT2D eigenvalue weighted by Crippen LogP contribution is 2.46. The van der Waals surface area contributed by atoms with Gasteiger partial charge in [-0.2, -0.15) is 18.4 Å². The highest BCUT2D eigenvalue weighted by atomic mass is 35.5. The first-order valence-electron chi connectivity index (χ1n) is 10.4. The fourth-order valence-corrected chi connectivity index (χ4v) is 4.78. The summed E-state index contributed by atoms with van der Waals surface area (Å²) < 4.78 is 55.6. The van der Waals surface area contributed by atoms with Crippen LogP contribution in [0.5, 0.6) is 0 Å². The predicted molar refractivity (Wildman–Crippen MR) is 123 cm³/mol. The number of rotatable bonds is 3. The Morgan fingerprint density at radius 1 is 1.11 bits per heavy atom. The number of nitriles is 1. The van der Waals surface area contributed by atoms with Crippen molar-refractivity contribution in [3.8, 4) is 6.07 Å². The van der Waals surface area contributed by atoms with Gasteiger partial charge in [-0.1, -0.05) is 56.1 Å². The number of carbonyl (C=O) groups is 2. The number of carbonyl (C=O) groups excluding carboxylic acids is 2. The summed E-state index contributed by atoms with van der Waals surface area (Å²) in [5.74, 6) is -3.96. The van der Waals surface area contributed by atoms with Crippen molar-refractivity contribution in [1.82, 2.24) is 4.90 Å². The fraction of sp³-hybridized carbons (Fsp3) is 0.375. The summed E-state index contributed by atoms with van der Waals surface area (Å²) in [7, 11) is 0. The van der Waals surface area contributed by atoms with E-state index in [4.69, 9.17) is 28.5 Å². The molecule has 0 aromatic heterocycles. The van der Waals surface area contributed by atoms with E-state index in [1.807, 2.05) is 6.07 Å². The molecule has 0 spiro atoms. The third-order valence-electron chi connectivity index (χ3n) is 5.81. The van der Waals surface area contributed by atoms with E-state index in [1.54, 1.807) is 20.8 Å². The summed E-state index contributed by atoms with van der Waals surface area (Å²) in [5, 5.41) is 8.17. The van der Waals surface area contributed by atoms with Crippen molar-refractivity contribution in [3.05, 3.63) is 63.4 Å². The molecule has 2 aromatic rings. The zero-order valence-corrected chi connectivity index (χ0v) is 20.7. The maximum atomic E-state index is 14.1. The number of hydrogen-bond acceptors (Lipinski definition) is 3. The minimum Gasteiger partial charge on any atom is -0.299 e. The van der Waals surface area contributed by atoms with Crippen molar-refractivity contribution in [2.24, 2.45) is 5.41 Å². The zero-order valence-electron chi connectivity index (χ0n) is 19.2. The SMILES string of the molecule is CC(C)(C)[C@@H]1N(c2cc(Cl)c(F)c(Cl)c2)C(=O)[C@@](C)(Cc2ccc(C#N)cc2)N1C(=O)C(F)(F)F. The predicted octanol–water partition coefficient (Wildman–Crippen LogP) is 6.12. The van der Waals surface area contributed by atoms with Crippen LogP contribution >= 0.6 is 23.2 Å². The molecule has 0 N–H and O–H groups in total. The Balaban J connectivity index is 2.26. The molecule has 1 heterocycles. The Morgan fingerprint density at radius 3 is 2.06 bits per heavy atom. The number of alkyl halides is 3.